The van der Waals surface area contributed by atoms with E-state index in [1.807, 2.05) is 0 Å². The molecule has 19 heavy (non-hydrogen) atoms. The Hall–Kier alpha value is -1.30. The van der Waals surface area contributed by atoms with Crippen molar-refractivity contribution in [3.63, 3.8) is 0 Å². The Morgan fingerprint density at radius 3 is 2.58 bits per heavy atom. The van der Waals surface area contributed by atoms with Crippen LogP contribution in [0.3, 0.4) is 0 Å². The maximum Gasteiger partial charge on any atom is 0.329 e. The zero-order valence-electron chi connectivity index (χ0n) is 11.3. The Morgan fingerprint density at radius 2 is 2.05 bits per heavy atom. The highest BCUT2D eigenvalue weighted by molar-refractivity contribution is 5.86. The quantitative estimate of drug-likeness (QED) is 0.698. The van der Waals surface area contributed by atoms with Gasteiger partial charge in [0.2, 0.25) is 0 Å². The second-order valence-corrected chi connectivity index (χ2v) is 5.61. The number of carbonyl (C=O) groups excluding carboxylic acids is 1. The van der Waals surface area contributed by atoms with E-state index in [-0.39, 0.29) is 12.0 Å². The first-order valence-corrected chi connectivity index (χ1v) is 6.93. The minimum atomic E-state index is -1.16. The van der Waals surface area contributed by atoms with Crippen molar-refractivity contribution in [2.45, 2.75) is 50.7 Å². The zero-order valence-corrected chi connectivity index (χ0v) is 11.3. The van der Waals surface area contributed by atoms with Gasteiger partial charge in [-0.15, -0.1) is 0 Å². The van der Waals surface area contributed by atoms with Gasteiger partial charge in [-0.3, -0.25) is 0 Å². The molecule has 1 aliphatic carbocycles. The predicted molar refractivity (Wildman–Crippen MR) is 68.9 cm³/mol. The molecule has 1 saturated heterocycles. The standard InChI is InChI=1S/C13H22N2O4/c1-13(11(16)17,9-5-6-9)15-12(18)14-8-10-4-2-3-7-19-10/h9-10H,2-8H2,1H3,(H,16,17)(H2,14,15,18). The van der Waals surface area contributed by atoms with E-state index in [0.717, 1.165) is 38.7 Å². The van der Waals surface area contributed by atoms with Crippen molar-refractivity contribution in [1.29, 1.82) is 0 Å². The van der Waals surface area contributed by atoms with Gasteiger partial charge in [0.25, 0.3) is 0 Å². The van der Waals surface area contributed by atoms with E-state index in [2.05, 4.69) is 10.6 Å². The minimum absolute atomic E-state index is 0.0432. The molecule has 0 radical (unpaired) electrons. The summed E-state index contributed by atoms with van der Waals surface area (Å²) < 4.78 is 5.51. The Labute approximate surface area is 112 Å². The number of amides is 2. The molecule has 3 N–H and O–H groups in total. The maximum absolute atomic E-state index is 11.8. The van der Waals surface area contributed by atoms with E-state index in [4.69, 9.17) is 4.74 Å². The molecule has 2 fully saturated rings. The van der Waals surface area contributed by atoms with Gasteiger partial charge in [0, 0.05) is 13.2 Å². The molecule has 0 spiro atoms. The maximum atomic E-state index is 11.8. The first-order valence-electron chi connectivity index (χ1n) is 6.93. The number of nitrogens with one attached hydrogen (secondary N) is 2. The SMILES string of the molecule is CC(NC(=O)NCC1CCCCO1)(C(=O)O)C1CC1. The lowest BCUT2D eigenvalue weighted by Crippen LogP contribution is -2.57. The van der Waals surface area contributed by atoms with Gasteiger partial charge >= 0.3 is 12.0 Å². The van der Waals surface area contributed by atoms with Crippen LogP contribution >= 0.6 is 0 Å². The number of ether oxygens (including phenoxy) is 1. The number of carboxylic acid groups (broad SMARTS) is 1. The zero-order chi connectivity index (χ0) is 13.9. The fourth-order valence-electron chi connectivity index (χ4n) is 2.45. The molecule has 2 atom stereocenters. The number of hydrogen-bond donors (Lipinski definition) is 3. The lowest BCUT2D eigenvalue weighted by molar-refractivity contribution is -0.144. The van der Waals surface area contributed by atoms with Crippen molar-refractivity contribution < 1.29 is 19.4 Å². The lowest BCUT2D eigenvalue weighted by atomic mass is 9.96. The smallest absolute Gasteiger partial charge is 0.329 e. The summed E-state index contributed by atoms with van der Waals surface area (Å²) in [6, 6.07) is -0.425. The summed E-state index contributed by atoms with van der Waals surface area (Å²) in [6.45, 7) is 2.75. The molecule has 1 heterocycles. The molecule has 2 unspecified atom stereocenters. The van der Waals surface area contributed by atoms with Crippen molar-refractivity contribution in [2.75, 3.05) is 13.2 Å². The summed E-state index contributed by atoms with van der Waals surface area (Å²) in [5.74, 6) is -0.930. The van der Waals surface area contributed by atoms with Crippen LogP contribution in [0.2, 0.25) is 0 Å². The Balaban J connectivity index is 1.77. The van der Waals surface area contributed by atoms with Crippen LogP contribution in [0.5, 0.6) is 0 Å². The van der Waals surface area contributed by atoms with E-state index < -0.39 is 17.5 Å². The Kier molecular flexibility index (Phi) is 4.29. The molecule has 6 heteroatoms. The molecule has 0 aromatic carbocycles. The molecule has 2 rings (SSSR count). The molecule has 6 nitrogen and oxygen atoms in total. The summed E-state index contributed by atoms with van der Waals surface area (Å²) in [7, 11) is 0. The summed E-state index contributed by atoms with van der Waals surface area (Å²) in [5.41, 5.74) is -1.16. The summed E-state index contributed by atoms with van der Waals surface area (Å²) >= 11 is 0. The third-order valence-electron chi connectivity index (χ3n) is 3.98. The van der Waals surface area contributed by atoms with E-state index in [0.29, 0.717) is 6.54 Å². The topological polar surface area (TPSA) is 87.7 Å². The highest BCUT2D eigenvalue weighted by atomic mass is 16.5. The van der Waals surface area contributed by atoms with Gasteiger partial charge in [0.05, 0.1) is 6.10 Å². The van der Waals surface area contributed by atoms with Crippen molar-refractivity contribution >= 4 is 12.0 Å². The van der Waals surface area contributed by atoms with E-state index in [1.165, 1.54) is 0 Å². The number of aliphatic carboxylic acids is 1. The van der Waals surface area contributed by atoms with Crippen LogP contribution in [0.15, 0.2) is 0 Å². The van der Waals surface area contributed by atoms with Crippen LogP contribution in [0.25, 0.3) is 0 Å². The fraction of sp³-hybridized carbons (Fsp3) is 0.846. The molecule has 1 aliphatic heterocycles. The number of hydrogen-bond acceptors (Lipinski definition) is 3. The normalized spacial score (nSPS) is 26.3. The molecule has 2 amide bonds. The van der Waals surface area contributed by atoms with Gasteiger partial charge in [-0.1, -0.05) is 0 Å². The van der Waals surface area contributed by atoms with Crippen molar-refractivity contribution in [1.82, 2.24) is 10.6 Å². The minimum Gasteiger partial charge on any atom is -0.480 e. The third-order valence-corrected chi connectivity index (χ3v) is 3.98. The van der Waals surface area contributed by atoms with Gasteiger partial charge in [-0.05, 0) is 44.9 Å². The van der Waals surface area contributed by atoms with Crippen molar-refractivity contribution in [3.8, 4) is 0 Å². The van der Waals surface area contributed by atoms with Gasteiger partial charge in [-0.25, -0.2) is 9.59 Å². The van der Waals surface area contributed by atoms with Gasteiger partial charge < -0.3 is 20.5 Å². The molecule has 0 aromatic heterocycles. The highest BCUT2D eigenvalue weighted by Gasteiger charge is 2.48. The fourth-order valence-corrected chi connectivity index (χ4v) is 2.45. The summed E-state index contributed by atoms with van der Waals surface area (Å²) in [5, 5.41) is 14.5. The van der Waals surface area contributed by atoms with Crippen LogP contribution in [0.4, 0.5) is 4.79 Å². The van der Waals surface area contributed by atoms with Gasteiger partial charge in [0.1, 0.15) is 5.54 Å². The summed E-state index contributed by atoms with van der Waals surface area (Å²) in [4.78, 5) is 23.1. The van der Waals surface area contributed by atoms with Crippen molar-refractivity contribution in [2.24, 2.45) is 5.92 Å². The molecule has 0 aromatic rings. The molecule has 1 saturated carbocycles. The predicted octanol–water partition coefficient (Wildman–Crippen LogP) is 1.11. The average molecular weight is 270 g/mol. The molecular formula is C13H22N2O4. The first kappa shape index (κ1) is 14.1. The lowest BCUT2D eigenvalue weighted by Gasteiger charge is -2.27. The molecular weight excluding hydrogens is 248 g/mol. The highest BCUT2D eigenvalue weighted by Crippen LogP contribution is 2.39. The molecule has 0 bridgehead atoms. The number of urea groups is 1. The van der Waals surface area contributed by atoms with E-state index in [1.54, 1.807) is 6.92 Å². The number of rotatable bonds is 5. The Bertz CT molecular complexity index is 351. The molecule has 108 valence electrons. The van der Waals surface area contributed by atoms with Crippen LogP contribution in [0, 0.1) is 5.92 Å². The van der Waals surface area contributed by atoms with Crippen LogP contribution in [0.1, 0.15) is 39.0 Å². The van der Waals surface area contributed by atoms with Gasteiger partial charge in [0.15, 0.2) is 0 Å². The third kappa shape index (κ3) is 3.59. The van der Waals surface area contributed by atoms with Crippen LogP contribution < -0.4 is 10.6 Å². The second kappa shape index (κ2) is 5.77. The van der Waals surface area contributed by atoms with Crippen molar-refractivity contribution in [3.05, 3.63) is 0 Å². The Morgan fingerprint density at radius 1 is 1.32 bits per heavy atom. The number of carbonyl (C=O) groups is 2. The van der Waals surface area contributed by atoms with Gasteiger partial charge in [-0.2, -0.15) is 0 Å². The summed E-state index contributed by atoms with van der Waals surface area (Å²) in [6.07, 6.45) is 4.89. The van der Waals surface area contributed by atoms with E-state index in [9.17, 15) is 14.7 Å². The first-order chi connectivity index (χ1) is 9.02. The van der Waals surface area contributed by atoms with Crippen LogP contribution in [-0.4, -0.2) is 41.9 Å². The second-order valence-electron chi connectivity index (χ2n) is 5.61. The van der Waals surface area contributed by atoms with Crippen LogP contribution in [-0.2, 0) is 9.53 Å². The largest absolute Gasteiger partial charge is 0.480 e. The average Bonchev–Trinajstić information content (AvgIpc) is 3.22. The molecule has 2 aliphatic rings. The number of carboxylic acids is 1. The van der Waals surface area contributed by atoms with E-state index >= 15 is 0 Å². The monoisotopic (exact) mass is 270 g/mol.